The second-order valence-corrected chi connectivity index (χ2v) is 10.2. The summed E-state index contributed by atoms with van der Waals surface area (Å²) in [5.41, 5.74) is 6.14. The van der Waals surface area contributed by atoms with E-state index in [1.807, 2.05) is 50.2 Å². The van der Waals surface area contributed by atoms with Crippen molar-refractivity contribution in [3.8, 4) is 11.4 Å². The van der Waals surface area contributed by atoms with E-state index in [2.05, 4.69) is 19.8 Å². The Labute approximate surface area is 236 Å². The Morgan fingerprint density at radius 2 is 1.76 bits per heavy atom. The Morgan fingerprint density at radius 3 is 2.49 bits per heavy atom. The lowest BCUT2D eigenvalue weighted by molar-refractivity contribution is -0.274. The van der Waals surface area contributed by atoms with E-state index < -0.39 is 6.36 Å². The minimum atomic E-state index is -4.75. The van der Waals surface area contributed by atoms with Gasteiger partial charge < -0.3 is 4.74 Å². The van der Waals surface area contributed by atoms with Gasteiger partial charge in [-0.15, -0.1) is 13.2 Å². The average Bonchev–Trinajstić information content (AvgIpc) is 3.52. The molecule has 0 spiro atoms. The number of benzene rings is 3. The molecular weight excluding hydrogens is 553 g/mol. The lowest BCUT2D eigenvalue weighted by atomic mass is 10.1. The molecule has 0 atom stereocenters. The summed E-state index contributed by atoms with van der Waals surface area (Å²) in [6, 6.07) is 18.8. The van der Waals surface area contributed by atoms with E-state index in [4.69, 9.17) is 4.99 Å². The van der Waals surface area contributed by atoms with Crippen LogP contribution in [0.15, 0.2) is 83.2 Å². The van der Waals surface area contributed by atoms with Gasteiger partial charge in [-0.2, -0.15) is 10.1 Å². The standard InChI is InChI=1S/C29H21F3N6O2S/c1-17-4-3-5-18(2)26(17)36-28-38(25(39)15-41-28)34-14-19-6-11-22-23(35-19)12-13-24-27(22)33-16-37(24)20-7-9-21(10-8-20)40-29(30,31)32/h3-14,16H,15H2,1-2H3. The second-order valence-electron chi connectivity index (χ2n) is 9.27. The number of aliphatic imine (C=N–C) groups is 1. The summed E-state index contributed by atoms with van der Waals surface area (Å²) in [4.78, 5) is 26.5. The number of nitrogens with zero attached hydrogens (tertiary/aromatic N) is 6. The average molecular weight is 575 g/mol. The number of amides is 1. The van der Waals surface area contributed by atoms with E-state index in [0.717, 1.165) is 27.7 Å². The summed E-state index contributed by atoms with van der Waals surface area (Å²) in [6.45, 7) is 3.95. The summed E-state index contributed by atoms with van der Waals surface area (Å²) in [5, 5.41) is 7.00. The van der Waals surface area contributed by atoms with Crippen LogP contribution in [-0.2, 0) is 4.79 Å². The molecule has 0 bridgehead atoms. The van der Waals surface area contributed by atoms with Crippen LogP contribution in [0.4, 0.5) is 18.9 Å². The summed E-state index contributed by atoms with van der Waals surface area (Å²) >= 11 is 1.34. The number of hydrazone groups is 1. The zero-order chi connectivity index (χ0) is 28.7. The molecule has 1 amide bonds. The van der Waals surface area contributed by atoms with Gasteiger partial charge >= 0.3 is 6.36 Å². The highest BCUT2D eigenvalue weighted by Crippen LogP contribution is 2.30. The van der Waals surface area contributed by atoms with E-state index in [0.29, 0.717) is 27.6 Å². The Morgan fingerprint density at radius 1 is 1.00 bits per heavy atom. The van der Waals surface area contributed by atoms with Crippen LogP contribution in [0.2, 0.25) is 0 Å². The molecule has 0 N–H and O–H groups in total. The number of aromatic nitrogens is 3. The number of ether oxygens (including phenoxy) is 1. The number of hydrogen-bond acceptors (Lipinski definition) is 7. The van der Waals surface area contributed by atoms with Crippen molar-refractivity contribution in [2.75, 3.05) is 5.75 Å². The fourth-order valence-corrected chi connectivity index (χ4v) is 5.33. The van der Waals surface area contributed by atoms with Crippen molar-refractivity contribution in [1.29, 1.82) is 0 Å². The maximum atomic E-state index is 12.5. The molecular formula is C29H21F3N6O2S. The number of amidine groups is 1. The van der Waals surface area contributed by atoms with E-state index in [1.165, 1.54) is 47.3 Å². The number of fused-ring (bicyclic) bond motifs is 3. The molecule has 2 aromatic heterocycles. The van der Waals surface area contributed by atoms with Gasteiger partial charge in [-0.05, 0) is 73.5 Å². The van der Waals surface area contributed by atoms with Gasteiger partial charge in [0.1, 0.15) is 12.1 Å². The summed E-state index contributed by atoms with van der Waals surface area (Å²) in [5.74, 6) is -0.208. The minimum Gasteiger partial charge on any atom is -0.406 e. The molecule has 1 aliphatic heterocycles. The van der Waals surface area contributed by atoms with Crippen molar-refractivity contribution in [2.24, 2.45) is 10.1 Å². The Balaban J connectivity index is 1.27. The third-order valence-electron chi connectivity index (χ3n) is 6.45. The fraction of sp³-hybridized carbons (Fsp3) is 0.138. The summed E-state index contributed by atoms with van der Waals surface area (Å²) in [7, 11) is 0. The van der Waals surface area contributed by atoms with Crippen LogP contribution < -0.4 is 4.74 Å². The number of alkyl halides is 3. The molecule has 206 valence electrons. The predicted octanol–water partition coefficient (Wildman–Crippen LogP) is 6.69. The molecule has 3 heterocycles. The van der Waals surface area contributed by atoms with Gasteiger partial charge in [0.25, 0.3) is 5.91 Å². The normalized spacial score (nSPS) is 15.2. The van der Waals surface area contributed by atoms with Gasteiger partial charge in [0, 0.05) is 11.1 Å². The van der Waals surface area contributed by atoms with Crippen LogP contribution in [0.3, 0.4) is 0 Å². The molecule has 0 aliphatic carbocycles. The maximum absolute atomic E-state index is 12.5. The number of pyridine rings is 1. The third-order valence-corrected chi connectivity index (χ3v) is 7.36. The molecule has 0 saturated carbocycles. The van der Waals surface area contributed by atoms with Gasteiger partial charge in [-0.25, -0.2) is 15.0 Å². The monoisotopic (exact) mass is 574 g/mol. The summed E-state index contributed by atoms with van der Waals surface area (Å²) < 4.78 is 43.2. The van der Waals surface area contributed by atoms with E-state index in [1.54, 1.807) is 17.0 Å². The van der Waals surface area contributed by atoms with E-state index >= 15 is 0 Å². The first kappa shape index (κ1) is 26.5. The molecule has 8 nitrogen and oxygen atoms in total. The first-order valence-electron chi connectivity index (χ1n) is 12.4. The number of carbonyl (C=O) groups is 1. The molecule has 1 fully saturated rings. The topological polar surface area (TPSA) is 85.0 Å². The molecule has 0 radical (unpaired) electrons. The van der Waals surface area contributed by atoms with Crippen LogP contribution in [0.1, 0.15) is 16.8 Å². The number of para-hydroxylation sites is 1. The van der Waals surface area contributed by atoms with Gasteiger partial charge in [0.2, 0.25) is 0 Å². The SMILES string of the molecule is Cc1cccc(C)c1N=C1SCC(=O)N1N=Cc1ccc2c(ccc3c2ncn3-c2ccc(OC(F)(F)F)cc2)n1. The van der Waals surface area contributed by atoms with Crippen molar-refractivity contribution in [1.82, 2.24) is 19.5 Å². The zero-order valence-corrected chi connectivity index (χ0v) is 22.6. The van der Waals surface area contributed by atoms with E-state index in [9.17, 15) is 18.0 Å². The number of imidazole rings is 1. The van der Waals surface area contributed by atoms with Crippen molar-refractivity contribution < 1.29 is 22.7 Å². The highest BCUT2D eigenvalue weighted by molar-refractivity contribution is 8.15. The third kappa shape index (κ3) is 5.38. The molecule has 0 unspecified atom stereocenters. The number of hydrogen-bond donors (Lipinski definition) is 0. The lowest BCUT2D eigenvalue weighted by Gasteiger charge is -2.11. The lowest BCUT2D eigenvalue weighted by Crippen LogP contribution is -2.24. The first-order chi connectivity index (χ1) is 19.7. The van der Waals surface area contributed by atoms with Crippen LogP contribution in [0, 0.1) is 13.8 Å². The number of thioether (sulfide) groups is 1. The molecule has 41 heavy (non-hydrogen) atoms. The van der Waals surface area contributed by atoms with Crippen molar-refractivity contribution in [2.45, 2.75) is 20.2 Å². The number of halogens is 3. The molecule has 1 aliphatic rings. The fourth-order valence-electron chi connectivity index (χ4n) is 4.53. The smallest absolute Gasteiger partial charge is 0.406 e. The highest BCUT2D eigenvalue weighted by atomic mass is 32.2. The Kier molecular flexibility index (Phi) is 6.70. The van der Waals surface area contributed by atoms with Crippen LogP contribution in [0.5, 0.6) is 5.75 Å². The van der Waals surface area contributed by atoms with Gasteiger partial charge in [-0.1, -0.05) is 30.0 Å². The number of carbonyl (C=O) groups excluding carboxylic acids is 1. The van der Waals surface area contributed by atoms with Gasteiger partial charge in [-0.3, -0.25) is 9.36 Å². The van der Waals surface area contributed by atoms with Gasteiger partial charge in [0.15, 0.2) is 5.17 Å². The number of rotatable bonds is 5. The largest absolute Gasteiger partial charge is 0.573 e. The van der Waals surface area contributed by atoms with E-state index in [-0.39, 0.29) is 17.4 Å². The Bertz CT molecular complexity index is 1840. The van der Waals surface area contributed by atoms with Crippen molar-refractivity contribution >= 4 is 56.7 Å². The number of aryl methyl sites for hydroxylation is 2. The van der Waals surface area contributed by atoms with Crippen LogP contribution >= 0.6 is 11.8 Å². The van der Waals surface area contributed by atoms with Crippen molar-refractivity contribution in [3.05, 3.63) is 89.9 Å². The highest BCUT2D eigenvalue weighted by Gasteiger charge is 2.31. The predicted molar refractivity (Wildman–Crippen MR) is 153 cm³/mol. The van der Waals surface area contributed by atoms with Gasteiger partial charge in [0.05, 0.1) is 39.9 Å². The first-order valence-corrected chi connectivity index (χ1v) is 13.4. The summed E-state index contributed by atoms with van der Waals surface area (Å²) in [6.07, 6.45) is -1.62. The molecule has 1 saturated heterocycles. The molecule has 3 aromatic carbocycles. The van der Waals surface area contributed by atoms with Crippen LogP contribution in [-0.4, -0.2) is 48.9 Å². The zero-order valence-electron chi connectivity index (χ0n) is 21.8. The maximum Gasteiger partial charge on any atom is 0.573 e. The second kappa shape index (κ2) is 10.4. The van der Waals surface area contributed by atoms with Crippen molar-refractivity contribution in [3.63, 3.8) is 0 Å². The van der Waals surface area contributed by atoms with Crippen LogP contribution in [0.25, 0.3) is 27.6 Å². The molecule has 5 aromatic rings. The minimum absolute atomic E-state index is 0.165. The molecule has 12 heteroatoms. The Hall–Kier alpha value is -4.71. The molecule has 6 rings (SSSR count). The quantitative estimate of drug-likeness (QED) is 0.219.